The van der Waals surface area contributed by atoms with E-state index in [1.54, 1.807) is 24.3 Å². The minimum absolute atomic E-state index is 0.163. The van der Waals surface area contributed by atoms with Gasteiger partial charge in [-0.3, -0.25) is 4.79 Å². The van der Waals surface area contributed by atoms with Crippen molar-refractivity contribution in [1.29, 1.82) is 0 Å². The molecule has 21 heavy (non-hydrogen) atoms. The van der Waals surface area contributed by atoms with Gasteiger partial charge in [0.05, 0.1) is 12.7 Å². The Morgan fingerprint density at radius 2 is 2.00 bits per heavy atom. The van der Waals surface area contributed by atoms with Crippen molar-refractivity contribution in [2.24, 2.45) is 0 Å². The van der Waals surface area contributed by atoms with Gasteiger partial charge in [0.15, 0.2) is 11.5 Å². The van der Waals surface area contributed by atoms with Gasteiger partial charge in [0.1, 0.15) is 0 Å². The van der Waals surface area contributed by atoms with E-state index in [4.69, 9.17) is 4.74 Å². The van der Waals surface area contributed by atoms with E-state index in [1.165, 1.54) is 7.11 Å². The standard InChI is InChI=1S/C16H18N2O3/c1-17-10-11-5-3-6-12(9-11)18-16(20)13-7-4-8-14(21-2)15(13)19/h3-9,17,19H,10H2,1-2H3,(H,18,20). The van der Waals surface area contributed by atoms with Crippen molar-refractivity contribution in [3.05, 3.63) is 53.6 Å². The Bertz CT molecular complexity index is 641. The van der Waals surface area contributed by atoms with Gasteiger partial charge in [0.25, 0.3) is 5.91 Å². The zero-order chi connectivity index (χ0) is 15.2. The van der Waals surface area contributed by atoms with Crippen molar-refractivity contribution >= 4 is 11.6 Å². The molecule has 0 heterocycles. The van der Waals surface area contributed by atoms with E-state index >= 15 is 0 Å². The van der Waals surface area contributed by atoms with Crippen LogP contribution in [0.2, 0.25) is 0 Å². The smallest absolute Gasteiger partial charge is 0.259 e. The number of hydrogen-bond donors (Lipinski definition) is 3. The molecular formula is C16H18N2O3. The number of nitrogens with one attached hydrogen (secondary N) is 2. The number of aromatic hydroxyl groups is 1. The van der Waals surface area contributed by atoms with Gasteiger partial charge >= 0.3 is 0 Å². The van der Waals surface area contributed by atoms with E-state index in [-0.39, 0.29) is 23.0 Å². The monoisotopic (exact) mass is 286 g/mol. The molecule has 5 nitrogen and oxygen atoms in total. The zero-order valence-electron chi connectivity index (χ0n) is 12.0. The Morgan fingerprint density at radius 1 is 1.24 bits per heavy atom. The van der Waals surface area contributed by atoms with Gasteiger partial charge in [0.2, 0.25) is 0 Å². The summed E-state index contributed by atoms with van der Waals surface area (Å²) >= 11 is 0. The van der Waals surface area contributed by atoms with E-state index in [1.807, 2.05) is 25.2 Å². The first kappa shape index (κ1) is 14.9. The number of benzene rings is 2. The van der Waals surface area contributed by atoms with Crippen LogP contribution in [-0.2, 0) is 6.54 Å². The molecule has 2 aromatic carbocycles. The largest absolute Gasteiger partial charge is 0.504 e. The molecule has 0 aromatic heterocycles. The number of anilines is 1. The van der Waals surface area contributed by atoms with E-state index in [0.29, 0.717) is 12.2 Å². The molecule has 2 rings (SSSR count). The summed E-state index contributed by atoms with van der Waals surface area (Å²) in [5.41, 5.74) is 1.91. The number of rotatable bonds is 5. The lowest BCUT2D eigenvalue weighted by atomic mass is 10.1. The van der Waals surface area contributed by atoms with Crippen LogP contribution < -0.4 is 15.4 Å². The molecule has 0 aliphatic heterocycles. The quantitative estimate of drug-likeness (QED) is 0.789. The average molecular weight is 286 g/mol. The maximum Gasteiger partial charge on any atom is 0.259 e. The number of hydrogen-bond acceptors (Lipinski definition) is 4. The summed E-state index contributed by atoms with van der Waals surface area (Å²) in [5.74, 6) is -0.275. The highest BCUT2D eigenvalue weighted by Crippen LogP contribution is 2.29. The van der Waals surface area contributed by atoms with Gasteiger partial charge in [-0.15, -0.1) is 0 Å². The lowest BCUT2D eigenvalue weighted by molar-refractivity contribution is 0.102. The highest BCUT2D eigenvalue weighted by atomic mass is 16.5. The van der Waals surface area contributed by atoms with Crippen molar-refractivity contribution < 1.29 is 14.6 Å². The topological polar surface area (TPSA) is 70.6 Å². The average Bonchev–Trinajstić information content (AvgIpc) is 2.48. The maximum absolute atomic E-state index is 12.2. The number of carbonyl (C=O) groups is 1. The minimum Gasteiger partial charge on any atom is -0.504 e. The fraction of sp³-hybridized carbons (Fsp3) is 0.188. The highest BCUT2D eigenvalue weighted by molar-refractivity contribution is 6.06. The van der Waals surface area contributed by atoms with Crippen LogP contribution in [-0.4, -0.2) is 25.2 Å². The van der Waals surface area contributed by atoms with E-state index in [9.17, 15) is 9.90 Å². The van der Waals surface area contributed by atoms with Crippen LogP contribution in [0, 0.1) is 0 Å². The SMILES string of the molecule is CNCc1cccc(NC(=O)c2cccc(OC)c2O)c1. The first-order valence-electron chi connectivity index (χ1n) is 6.56. The molecule has 0 aliphatic rings. The lowest BCUT2D eigenvalue weighted by Crippen LogP contribution is -2.13. The van der Waals surface area contributed by atoms with Crippen LogP contribution in [0.5, 0.6) is 11.5 Å². The number of methoxy groups -OCH3 is 1. The Labute approximate surface area is 123 Å². The van der Waals surface area contributed by atoms with Crippen molar-refractivity contribution in [1.82, 2.24) is 5.32 Å². The summed E-state index contributed by atoms with van der Waals surface area (Å²) < 4.78 is 5.00. The predicted octanol–water partition coefficient (Wildman–Crippen LogP) is 2.37. The summed E-state index contributed by atoms with van der Waals surface area (Å²) in [6, 6.07) is 12.3. The molecule has 0 unspecified atom stereocenters. The summed E-state index contributed by atoms with van der Waals surface area (Å²) in [7, 11) is 3.30. The van der Waals surface area contributed by atoms with Gasteiger partial charge in [-0.05, 0) is 36.9 Å². The Kier molecular flexibility index (Phi) is 4.79. The minimum atomic E-state index is -0.381. The normalized spacial score (nSPS) is 10.2. The van der Waals surface area contributed by atoms with Crippen LogP contribution in [0.3, 0.4) is 0 Å². The third-order valence-corrected chi connectivity index (χ3v) is 3.03. The van der Waals surface area contributed by atoms with Crippen LogP contribution in [0.1, 0.15) is 15.9 Å². The summed E-state index contributed by atoms with van der Waals surface area (Å²) in [6.45, 7) is 0.716. The highest BCUT2D eigenvalue weighted by Gasteiger charge is 2.14. The fourth-order valence-corrected chi connectivity index (χ4v) is 2.03. The Morgan fingerprint density at radius 3 is 2.71 bits per heavy atom. The summed E-state index contributed by atoms with van der Waals surface area (Å²) in [5, 5.41) is 15.8. The van der Waals surface area contributed by atoms with Crippen molar-refractivity contribution in [2.75, 3.05) is 19.5 Å². The van der Waals surface area contributed by atoms with Crippen LogP contribution >= 0.6 is 0 Å². The molecule has 3 N–H and O–H groups in total. The molecule has 0 spiro atoms. The van der Waals surface area contributed by atoms with E-state index in [2.05, 4.69) is 10.6 Å². The molecule has 0 saturated heterocycles. The molecule has 0 fully saturated rings. The van der Waals surface area contributed by atoms with Gasteiger partial charge in [-0.2, -0.15) is 0 Å². The number of para-hydroxylation sites is 1. The van der Waals surface area contributed by atoms with Crippen molar-refractivity contribution in [2.45, 2.75) is 6.54 Å². The molecule has 1 amide bonds. The third-order valence-electron chi connectivity index (χ3n) is 3.03. The zero-order valence-corrected chi connectivity index (χ0v) is 12.0. The van der Waals surface area contributed by atoms with Crippen molar-refractivity contribution in [3.63, 3.8) is 0 Å². The summed E-state index contributed by atoms with van der Waals surface area (Å²) in [4.78, 5) is 12.2. The van der Waals surface area contributed by atoms with Crippen LogP contribution in [0.25, 0.3) is 0 Å². The number of ether oxygens (including phenoxy) is 1. The van der Waals surface area contributed by atoms with E-state index in [0.717, 1.165) is 5.56 Å². The first-order valence-corrected chi connectivity index (χ1v) is 6.56. The lowest BCUT2D eigenvalue weighted by Gasteiger charge is -2.10. The first-order chi connectivity index (χ1) is 10.2. The second-order valence-corrected chi connectivity index (χ2v) is 4.54. The molecule has 0 radical (unpaired) electrons. The fourth-order valence-electron chi connectivity index (χ4n) is 2.03. The van der Waals surface area contributed by atoms with Crippen LogP contribution in [0.4, 0.5) is 5.69 Å². The molecule has 0 aliphatic carbocycles. The molecule has 0 atom stereocenters. The number of phenolic OH excluding ortho intramolecular Hbond substituents is 1. The molecule has 5 heteroatoms. The summed E-state index contributed by atoms with van der Waals surface area (Å²) in [6.07, 6.45) is 0. The number of carbonyl (C=O) groups excluding carboxylic acids is 1. The van der Waals surface area contributed by atoms with Gasteiger partial charge < -0.3 is 20.5 Å². The molecule has 2 aromatic rings. The molecule has 110 valence electrons. The predicted molar refractivity (Wildman–Crippen MR) is 81.8 cm³/mol. The molecule has 0 saturated carbocycles. The third kappa shape index (κ3) is 3.52. The van der Waals surface area contributed by atoms with Gasteiger partial charge in [-0.25, -0.2) is 0 Å². The van der Waals surface area contributed by atoms with E-state index < -0.39 is 0 Å². The molecule has 0 bridgehead atoms. The van der Waals surface area contributed by atoms with Gasteiger partial charge in [-0.1, -0.05) is 18.2 Å². The van der Waals surface area contributed by atoms with Gasteiger partial charge in [0, 0.05) is 12.2 Å². The number of amides is 1. The second kappa shape index (κ2) is 6.76. The molecular weight excluding hydrogens is 268 g/mol. The second-order valence-electron chi connectivity index (χ2n) is 4.54. The number of phenols is 1. The Balaban J connectivity index is 2.20. The van der Waals surface area contributed by atoms with Crippen molar-refractivity contribution in [3.8, 4) is 11.5 Å². The maximum atomic E-state index is 12.2. The Hall–Kier alpha value is -2.53. The van der Waals surface area contributed by atoms with Crippen LogP contribution in [0.15, 0.2) is 42.5 Å².